The van der Waals surface area contributed by atoms with Crippen molar-refractivity contribution in [1.82, 2.24) is 15.2 Å². The van der Waals surface area contributed by atoms with Gasteiger partial charge in [0.2, 0.25) is 0 Å². The van der Waals surface area contributed by atoms with Crippen LogP contribution in [0.15, 0.2) is 42.7 Å². The van der Waals surface area contributed by atoms with Crippen LogP contribution in [0.3, 0.4) is 0 Å². The zero-order valence-corrected chi connectivity index (χ0v) is 14.8. The molecule has 2 atom stereocenters. The molecular formula is C20H25N3O2. The van der Waals surface area contributed by atoms with E-state index in [9.17, 15) is 9.90 Å². The van der Waals surface area contributed by atoms with Crippen LogP contribution in [0.1, 0.15) is 33.5 Å². The summed E-state index contributed by atoms with van der Waals surface area (Å²) in [6, 6.07) is 9.62. The molecule has 5 heteroatoms. The topological polar surface area (TPSA) is 65.5 Å². The van der Waals surface area contributed by atoms with Crippen LogP contribution >= 0.6 is 0 Å². The Balaban J connectivity index is 1.56. The maximum Gasteiger partial charge on any atom is 0.251 e. The van der Waals surface area contributed by atoms with E-state index in [4.69, 9.17) is 0 Å². The van der Waals surface area contributed by atoms with Gasteiger partial charge in [0.05, 0.1) is 12.1 Å². The molecule has 0 radical (unpaired) electrons. The third kappa shape index (κ3) is 4.44. The fourth-order valence-electron chi connectivity index (χ4n) is 3.33. The molecule has 1 saturated heterocycles. The van der Waals surface area contributed by atoms with E-state index in [1.54, 1.807) is 24.5 Å². The van der Waals surface area contributed by atoms with Gasteiger partial charge in [0.1, 0.15) is 0 Å². The molecule has 1 amide bonds. The number of piperidine rings is 1. The predicted molar refractivity (Wildman–Crippen MR) is 97.3 cm³/mol. The average Bonchev–Trinajstić information content (AvgIpc) is 2.60. The summed E-state index contributed by atoms with van der Waals surface area (Å²) in [7, 11) is 0. The number of hydrogen-bond donors (Lipinski definition) is 2. The van der Waals surface area contributed by atoms with Crippen molar-refractivity contribution in [3.63, 3.8) is 0 Å². The number of aromatic nitrogens is 1. The number of benzene rings is 1. The number of likely N-dealkylation sites (tertiary alicyclic amines) is 1. The zero-order chi connectivity index (χ0) is 17.8. The van der Waals surface area contributed by atoms with Gasteiger partial charge < -0.3 is 10.4 Å². The second-order valence-corrected chi connectivity index (χ2v) is 6.84. The van der Waals surface area contributed by atoms with Crippen molar-refractivity contribution in [3.05, 3.63) is 65.0 Å². The number of nitrogens with one attached hydrogen (secondary N) is 1. The molecule has 25 heavy (non-hydrogen) atoms. The van der Waals surface area contributed by atoms with E-state index < -0.39 is 6.10 Å². The van der Waals surface area contributed by atoms with E-state index >= 15 is 0 Å². The van der Waals surface area contributed by atoms with Gasteiger partial charge in [0, 0.05) is 37.6 Å². The van der Waals surface area contributed by atoms with Gasteiger partial charge in [-0.3, -0.25) is 14.7 Å². The highest BCUT2D eigenvalue weighted by Gasteiger charge is 2.29. The number of carbonyl (C=O) groups is 1. The van der Waals surface area contributed by atoms with Crippen LogP contribution in [0.25, 0.3) is 0 Å². The van der Waals surface area contributed by atoms with E-state index in [1.807, 2.05) is 0 Å². The summed E-state index contributed by atoms with van der Waals surface area (Å²) >= 11 is 0. The second kappa shape index (κ2) is 7.76. The van der Waals surface area contributed by atoms with Gasteiger partial charge in [-0.05, 0) is 43.5 Å². The van der Waals surface area contributed by atoms with Gasteiger partial charge in [-0.15, -0.1) is 0 Å². The van der Waals surface area contributed by atoms with E-state index in [2.05, 4.69) is 47.2 Å². The lowest BCUT2D eigenvalue weighted by Crippen LogP contribution is -2.53. The van der Waals surface area contributed by atoms with Crippen LogP contribution in [0.2, 0.25) is 0 Å². The van der Waals surface area contributed by atoms with Crippen LogP contribution in [0.5, 0.6) is 0 Å². The maximum absolute atomic E-state index is 12.2. The molecule has 5 nitrogen and oxygen atoms in total. The van der Waals surface area contributed by atoms with Gasteiger partial charge in [0.15, 0.2) is 0 Å². The van der Waals surface area contributed by atoms with Crippen molar-refractivity contribution in [3.8, 4) is 0 Å². The lowest BCUT2D eigenvalue weighted by molar-refractivity contribution is 0.0349. The Hall–Kier alpha value is -2.24. The molecule has 1 fully saturated rings. The summed E-state index contributed by atoms with van der Waals surface area (Å²) < 4.78 is 0. The van der Waals surface area contributed by atoms with E-state index in [1.165, 1.54) is 16.7 Å². The summed E-state index contributed by atoms with van der Waals surface area (Å²) in [5.74, 6) is -0.158. The molecule has 3 rings (SSSR count). The van der Waals surface area contributed by atoms with Crippen molar-refractivity contribution >= 4 is 5.91 Å². The third-order valence-corrected chi connectivity index (χ3v) is 4.82. The molecule has 2 aromatic rings. The van der Waals surface area contributed by atoms with Crippen molar-refractivity contribution in [1.29, 1.82) is 0 Å². The largest absolute Gasteiger partial charge is 0.390 e. The summed E-state index contributed by atoms with van der Waals surface area (Å²) in [4.78, 5) is 18.4. The Labute approximate surface area is 148 Å². The third-order valence-electron chi connectivity index (χ3n) is 4.82. The van der Waals surface area contributed by atoms with Crippen LogP contribution in [0.4, 0.5) is 0 Å². The smallest absolute Gasteiger partial charge is 0.251 e. The lowest BCUT2D eigenvalue weighted by Gasteiger charge is -2.36. The van der Waals surface area contributed by atoms with Gasteiger partial charge in [-0.1, -0.05) is 23.8 Å². The number of aliphatic hydroxyl groups excluding tert-OH is 1. The summed E-state index contributed by atoms with van der Waals surface area (Å²) in [5, 5.41) is 13.4. The SMILES string of the molecule is Cc1ccc(CN2CC[C@@H](NC(=O)c3ccncc3)[C@H](O)C2)c(C)c1. The second-order valence-electron chi connectivity index (χ2n) is 6.84. The molecule has 0 unspecified atom stereocenters. The molecular weight excluding hydrogens is 314 g/mol. The Morgan fingerprint density at radius 1 is 1.28 bits per heavy atom. The van der Waals surface area contributed by atoms with Crippen LogP contribution in [-0.2, 0) is 6.54 Å². The monoisotopic (exact) mass is 339 g/mol. The molecule has 2 N–H and O–H groups in total. The molecule has 132 valence electrons. The number of rotatable bonds is 4. The minimum absolute atomic E-state index is 0.158. The molecule has 1 aliphatic heterocycles. The minimum atomic E-state index is -0.565. The van der Waals surface area contributed by atoms with Gasteiger partial charge in [-0.2, -0.15) is 0 Å². The highest BCUT2D eigenvalue weighted by molar-refractivity contribution is 5.94. The average molecular weight is 339 g/mol. The fourth-order valence-corrected chi connectivity index (χ4v) is 3.33. The summed E-state index contributed by atoms with van der Waals surface area (Å²) in [5.41, 5.74) is 4.40. The molecule has 2 heterocycles. The summed E-state index contributed by atoms with van der Waals surface area (Å²) in [6.45, 7) is 6.46. The van der Waals surface area contributed by atoms with Gasteiger partial charge in [-0.25, -0.2) is 0 Å². The number of amides is 1. The highest BCUT2D eigenvalue weighted by atomic mass is 16.3. The number of carbonyl (C=O) groups excluding carboxylic acids is 1. The van der Waals surface area contributed by atoms with Crippen molar-refractivity contribution in [2.24, 2.45) is 0 Å². The molecule has 0 spiro atoms. The van der Waals surface area contributed by atoms with Crippen LogP contribution < -0.4 is 5.32 Å². The van der Waals surface area contributed by atoms with Crippen molar-refractivity contribution in [2.75, 3.05) is 13.1 Å². The Bertz CT molecular complexity index is 733. The number of aryl methyl sites for hydroxylation is 2. The number of aliphatic hydroxyl groups is 1. The molecule has 1 aromatic heterocycles. The highest BCUT2D eigenvalue weighted by Crippen LogP contribution is 2.18. The normalized spacial score (nSPS) is 21.1. The molecule has 0 saturated carbocycles. The van der Waals surface area contributed by atoms with E-state index in [-0.39, 0.29) is 11.9 Å². The molecule has 0 aliphatic carbocycles. The fraction of sp³-hybridized carbons (Fsp3) is 0.400. The lowest BCUT2D eigenvalue weighted by atomic mass is 9.99. The Kier molecular flexibility index (Phi) is 5.46. The first-order valence-corrected chi connectivity index (χ1v) is 8.70. The number of nitrogens with zero attached hydrogens (tertiary/aromatic N) is 2. The molecule has 1 aliphatic rings. The zero-order valence-electron chi connectivity index (χ0n) is 14.8. The molecule has 1 aromatic carbocycles. The molecule has 0 bridgehead atoms. The van der Waals surface area contributed by atoms with Crippen molar-refractivity contribution < 1.29 is 9.90 Å². The van der Waals surface area contributed by atoms with E-state index in [0.717, 1.165) is 19.5 Å². The number of hydrogen-bond acceptors (Lipinski definition) is 4. The van der Waals surface area contributed by atoms with Crippen molar-refractivity contribution in [2.45, 2.75) is 39.0 Å². The van der Waals surface area contributed by atoms with E-state index in [0.29, 0.717) is 12.1 Å². The first-order valence-electron chi connectivity index (χ1n) is 8.70. The Morgan fingerprint density at radius 3 is 2.72 bits per heavy atom. The van der Waals surface area contributed by atoms with Crippen LogP contribution in [0, 0.1) is 13.8 Å². The first-order chi connectivity index (χ1) is 12.0. The van der Waals surface area contributed by atoms with Crippen LogP contribution in [-0.4, -0.2) is 46.1 Å². The minimum Gasteiger partial charge on any atom is -0.390 e. The maximum atomic E-state index is 12.2. The quantitative estimate of drug-likeness (QED) is 0.895. The summed E-state index contributed by atoms with van der Waals surface area (Å²) in [6.07, 6.45) is 3.36. The predicted octanol–water partition coefficient (Wildman–Crippen LogP) is 2.06. The van der Waals surface area contributed by atoms with Gasteiger partial charge >= 0.3 is 0 Å². The Morgan fingerprint density at radius 2 is 2.04 bits per heavy atom. The standard InChI is InChI=1S/C20H25N3O2/c1-14-3-4-17(15(2)11-14)12-23-10-7-18(19(24)13-23)22-20(25)16-5-8-21-9-6-16/h3-6,8-9,11,18-19,24H,7,10,12-13H2,1-2H3,(H,22,25)/t18-,19-/m1/s1. The number of pyridine rings is 1. The number of β-amino-alcohol motifs (C(OH)–C–C–N with tert-alkyl or cyclic N) is 1. The first kappa shape index (κ1) is 17.6. The van der Waals surface area contributed by atoms with Gasteiger partial charge in [0.25, 0.3) is 5.91 Å².